The van der Waals surface area contributed by atoms with E-state index in [9.17, 15) is 9.59 Å². The molecular weight excluding hydrogens is 366 g/mol. The van der Waals surface area contributed by atoms with E-state index < -0.39 is 0 Å². The monoisotopic (exact) mass is 381 g/mol. The van der Waals surface area contributed by atoms with Crippen LogP contribution in [0.5, 0.6) is 0 Å². The smallest absolute Gasteiger partial charge is 0.296 e. The number of carbonyl (C=O) groups excluding carboxylic acids is 1. The first-order valence-corrected chi connectivity index (χ1v) is 8.61. The predicted octanol–water partition coefficient (Wildman–Crippen LogP) is 2.63. The molecule has 0 aliphatic rings. The lowest BCUT2D eigenvalue weighted by molar-refractivity contribution is 0.0822. The molecule has 7 nitrogen and oxygen atoms in total. The van der Waals surface area contributed by atoms with Gasteiger partial charge < -0.3 is 9.47 Å². The first-order chi connectivity index (χ1) is 12.9. The molecule has 136 valence electrons. The molecule has 0 saturated heterocycles. The minimum Gasteiger partial charge on any atom is -0.343 e. The van der Waals surface area contributed by atoms with Crippen molar-refractivity contribution < 1.29 is 4.79 Å². The normalized spacial score (nSPS) is 11.3. The summed E-state index contributed by atoms with van der Waals surface area (Å²) >= 11 is 6.14. The molecule has 0 radical (unpaired) electrons. The Morgan fingerprint density at radius 2 is 1.85 bits per heavy atom. The van der Waals surface area contributed by atoms with Gasteiger partial charge in [-0.05, 0) is 24.3 Å². The van der Waals surface area contributed by atoms with E-state index in [1.807, 2.05) is 6.07 Å². The fraction of sp³-hybridized carbons (Fsp3) is 0.158. The Morgan fingerprint density at radius 3 is 2.52 bits per heavy atom. The average Bonchev–Trinajstić information content (AvgIpc) is 2.95. The molecule has 1 amide bonds. The highest BCUT2D eigenvalue weighted by atomic mass is 35.5. The van der Waals surface area contributed by atoms with Crippen molar-refractivity contribution in [3.63, 3.8) is 0 Å². The highest BCUT2D eigenvalue weighted by molar-refractivity contribution is 6.31. The van der Waals surface area contributed by atoms with Crippen molar-refractivity contribution in [3.8, 4) is 5.69 Å². The minimum absolute atomic E-state index is 0.208. The Hall–Kier alpha value is -3.19. The van der Waals surface area contributed by atoms with Crippen molar-refractivity contribution in [1.29, 1.82) is 0 Å². The summed E-state index contributed by atoms with van der Waals surface area (Å²) in [6.45, 7) is 0. The molecule has 3 heterocycles. The van der Waals surface area contributed by atoms with Crippen LogP contribution in [0.4, 0.5) is 0 Å². The van der Waals surface area contributed by atoms with E-state index in [-0.39, 0.29) is 17.2 Å². The lowest BCUT2D eigenvalue weighted by Crippen LogP contribution is -2.29. The first-order valence-electron chi connectivity index (χ1n) is 8.23. The van der Waals surface area contributed by atoms with Gasteiger partial charge in [-0.15, -0.1) is 0 Å². The van der Waals surface area contributed by atoms with Gasteiger partial charge in [0.2, 0.25) is 0 Å². The number of nitrogens with zero attached hydrogens (tertiary/aromatic N) is 5. The lowest BCUT2D eigenvalue weighted by atomic mass is 10.1. The van der Waals surface area contributed by atoms with Crippen molar-refractivity contribution in [1.82, 2.24) is 24.2 Å². The molecule has 0 aliphatic heterocycles. The Labute approximate surface area is 159 Å². The minimum atomic E-state index is -0.318. The number of carbonyl (C=O) groups is 1. The third-order valence-corrected chi connectivity index (χ3v) is 4.75. The number of fused-ring (bicyclic) bond motifs is 3. The van der Waals surface area contributed by atoms with Crippen molar-refractivity contribution >= 4 is 39.3 Å². The van der Waals surface area contributed by atoms with Gasteiger partial charge in [-0.2, -0.15) is 9.78 Å². The second kappa shape index (κ2) is 6.21. The summed E-state index contributed by atoms with van der Waals surface area (Å²) < 4.78 is 2.99. The van der Waals surface area contributed by atoms with Crippen LogP contribution in [-0.2, 0) is 7.05 Å². The fourth-order valence-electron chi connectivity index (χ4n) is 3.22. The fourth-order valence-corrected chi connectivity index (χ4v) is 3.38. The second-order valence-corrected chi connectivity index (χ2v) is 6.85. The number of aryl methyl sites for hydroxylation is 1. The zero-order chi connectivity index (χ0) is 19.3. The van der Waals surface area contributed by atoms with Crippen LogP contribution in [0.1, 0.15) is 10.5 Å². The quantitative estimate of drug-likeness (QED) is 0.535. The summed E-state index contributed by atoms with van der Waals surface area (Å²) in [6.07, 6.45) is 3.14. The summed E-state index contributed by atoms with van der Waals surface area (Å²) in [5.74, 6) is -0.287. The number of halogens is 1. The molecule has 1 aromatic carbocycles. The average molecular weight is 382 g/mol. The molecule has 0 bridgehead atoms. The van der Waals surface area contributed by atoms with Crippen LogP contribution in [-0.4, -0.2) is 44.2 Å². The third kappa shape index (κ3) is 2.59. The number of pyridine rings is 1. The van der Waals surface area contributed by atoms with Crippen molar-refractivity contribution in [2.24, 2.45) is 7.05 Å². The van der Waals surface area contributed by atoms with Gasteiger partial charge in [-0.25, -0.2) is 0 Å². The largest absolute Gasteiger partial charge is 0.343 e. The Kier molecular flexibility index (Phi) is 3.96. The lowest BCUT2D eigenvalue weighted by Gasteiger charge is -2.13. The topological polar surface area (TPSA) is 73.0 Å². The second-order valence-electron chi connectivity index (χ2n) is 6.41. The Morgan fingerprint density at radius 1 is 1.15 bits per heavy atom. The van der Waals surface area contributed by atoms with E-state index >= 15 is 0 Å². The molecule has 8 heteroatoms. The third-order valence-electron chi connectivity index (χ3n) is 4.51. The number of aromatic nitrogens is 4. The van der Waals surface area contributed by atoms with E-state index in [1.165, 1.54) is 9.58 Å². The predicted molar refractivity (Wildman–Crippen MR) is 105 cm³/mol. The Balaban J connectivity index is 2.23. The van der Waals surface area contributed by atoms with Gasteiger partial charge >= 0.3 is 0 Å². The molecule has 0 unspecified atom stereocenters. The van der Waals surface area contributed by atoms with Crippen LogP contribution in [0.3, 0.4) is 0 Å². The summed E-state index contributed by atoms with van der Waals surface area (Å²) in [4.78, 5) is 31.5. The highest BCUT2D eigenvalue weighted by Crippen LogP contribution is 2.30. The standard InChI is InChI=1S/C19H16ClN5O2/c1-23(2)18(26)16-15-13-5-4-11(20)10-14(13)24(3)17(15)19(27)25(22-16)12-6-8-21-9-7-12/h4-10H,1-3H3. The first kappa shape index (κ1) is 17.2. The molecule has 0 fully saturated rings. The van der Waals surface area contributed by atoms with Crippen LogP contribution in [0.2, 0.25) is 5.02 Å². The maximum atomic E-state index is 13.3. The zero-order valence-corrected chi connectivity index (χ0v) is 15.7. The summed E-state index contributed by atoms with van der Waals surface area (Å²) in [7, 11) is 5.09. The number of hydrogen-bond donors (Lipinski definition) is 0. The molecule has 0 spiro atoms. The molecule has 3 aromatic heterocycles. The highest BCUT2D eigenvalue weighted by Gasteiger charge is 2.24. The maximum Gasteiger partial charge on any atom is 0.296 e. The number of benzene rings is 1. The van der Waals surface area contributed by atoms with Crippen LogP contribution in [0.15, 0.2) is 47.5 Å². The van der Waals surface area contributed by atoms with Crippen molar-refractivity contribution in [2.75, 3.05) is 14.1 Å². The summed E-state index contributed by atoms with van der Waals surface area (Å²) in [5, 5.41) is 6.25. The maximum absolute atomic E-state index is 13.3. The molecule has 27 heavy (non-hydrogen) atoms. The van der Waals surface area contributed by atoms with Gasteiger partial charge in [-0.1, -0.05) is 17.7 Å². The van der Waals surface area contributed by atoms with E-state index in [1.54, 1.807) is 62.4 Å². The summed E-state index contributed by atoms with van der Waals surface area (Å²) in [6, 6.07) is 8.66. The molecule has 0 saturated carbocycles. The van der Waals surface area contributed by atoms with E-state index in [4.69, 9.17) is 11.6 Å². The molecule has 0 N–H and O–H groups in total. The van der Waals surface area contributed by atoms with Crippen LogP contribution >= 0.6 is 11.6 Å². The van der Waals surface area contributed by atoms with Crippen molar-refractivity contribution in [2.45, 2.75) is 0 Å². The number of amides is 1. The number of hydrogen-bond acceptors (Lipinski definition) is 4. The van der Waals surface area contributed by atoms with Gasteiger partial charge in [0.25, 0.3) is 11.5 Å². The molecule has 4 aromatic rings. The van der Waals surface area contributed by atoms with E-state index in [2.05, 4.69) is 10.1 Å². The van der Waals surface area contributed by atoms with E-state index in [0.29, 0.717) is 21.6 Å². The van der Waals surface area contributed by atoms with Gasteiger partial charge in [0.15, 0.2) is 5.69 Å². The SMILES string of the molecule is CN(C)C(=O)c1nn(-c2ccncc2)c(=O)c2c1c1ccc(Cl)cc1n2C. The van der Waals surface area contributed by atoms with Crippen LogP contribution < -0.4 is 5.56 Å². The van der Waals surface area contributed by atoms with Gasteiger partial charge in [0, 0.05) is 49.3 Å². The van der Waals surface area contributed by atoms with Gasteiger partial charge in [0.05, 0.1) is 11.2 Å². The van der Waals surface area contributed by atoms with Crippen LogP contribution in [0.25, 0.3) is 27.5 Å². The molecule has 4 rings (SSSR count). The molecule has 0 aliphatic carbocycles. The number of rotatable bonds is 2. The van der Waals surface area contributed by atoms with E-state index in [0.717, 1.165) is 10.9 Å². The summed E-state index contributed by atoms with van der Waals surface area (Å²) in [5.41, 5.74) is 1.58. The van der Waals surface area contributed by atoms with Gasteiger partial charge in [0.1, 0.15) is 5.52 Å². The van der Waals surface area contributed by atoms with Gasteiger partial charge in [-0.3, -0.25) is 14.6 Å². The molecular formula is C19H16ClN5O2. The van der Waals surface area contributed by atoms with Crippen molar-refractivity contribution in [3.05, 3.63) is 63.8 Å². The van der Waals surface area contributed by atoms with Crippen LogP contribution in [0, 0.1) is 0 Å². The Bertz CT molecular complexity index is 1260. The molecule has 0 atom stereocenters. The zero-order valence-electron chi connectivity index (χ0n) is 15.0.